The van der Waals surface area contributed by atoms with Gasteiger partial charge in [-0.2, -0.15) is 0 Å². The van der Waals surface area contributed by atoms with Crippen LogP contribution in [0, 0.1) is 11.8 Å². The van der Waals surface area contributed by atoms with E-state index in [1.165, 1.54) is 12.8 Å². The monoisotopic (exact) mass is 255 g/mol. The lowest BCUT2D eigenvalue weighted by atomic mass is 9.87. The lowest BCUT2D eigenvalue weighted by molar-refractivity contribution is 0.300. The molecule has 1 heterocycles. The van der Waals surface area contributed by atoms with Crippen molar-refractivity contribution in [3.63, 3.8) is 0 Å². The fourth-order valence-corrected chi connectivity index (χ4v) is 8.26. The molecule has 0 saturated carbocycles. The van der Waals surface area contributed by atoms with Crippen LogP contribution in [0.4, 0.5) is 0 Å². The number of rotatable bonds is 3. The van der Waals surface area contributed by atoms with Gasteiger partial charge in [0.1, 0.15) is 0 Å². The average Bonchev–Trinajstić information content (AvgIpc) is 2.52. The van der Waals surface area contributed by atoms with Crippen LogP contribution in [0.3, 0.4) is 0 Å². The lowest BCUT2D eigenvalue weighted by Gasteiger charge is -2.36. The molecule has 98 valence electrons. The summed E-state index contributed by atoms with van der Waals surface area (Å²) < 4.78 is 15.6. The molecule has 0 amide bonds. The third kappa shape index (κ3) is 2.53. The molecule has 1 saturated heterocycles. The maximum Gasteiger partial charge on any atom is 0.151 e. The van der Waals surface area contributed by atoms with E-state index in [-0.39, 0.29) is 0 Å². The Balaban J connectivity index is 2.20. The van der Waals surface area contributed by atoms with Gasteiger partial charge in [0.2, 0.25) is 0 Å². The lowest BCUT2D eigenvalue weighted by Crippen LogP contribution is -2.35. The van der Waals surface area contributed by atoms with Crippen molar-refractivity contribution in [3.8, 4) is 0 Å². The van der Waals surface area contributed by atoms with E-state index in [1.54, 1.807) is 0 Å². The Morgan fingerprint density at radius 2 is 1.82 bits per heavy atom. The van der Waals surface area contributed by atoms with E-state index in [0.29, 0.717) is 23.9 Å². The molecule has 2 rings (SSSR count). The Labute approximate surface area is 106 Å². The van der Waals surface area contributed by atoms with Crippen LogP contribution in [0.25, 0.3) is 0 Å². The molecule has 0 aromatic carbocycles. The van der Waals surface area contributed by atoms with Gasteiger partial charge in [-0.3, -0.25) is 0 Å². The predicted octanol–water partition coefficient (Wildman–Crippen LogP) is 3.98. The summed E-state index contributed by atoms with van der Waals surface area (Å²) in [6, 6.07) is 0.787. The van der Waals surface area contributed by atoms with Crippen molar-refractivity contribution >= 4 is 7.29 Å². The molecule has 17 heavy (non-hydrogen) atoms. The number of nitrogens with zero attached hydrogens (tertiary/aromatic N) is 1. The molecular weight excluding hydrogens is 229 g/mol. The van der Waals surface area contributed by atoms with Crippen molar-refractivity contribution < 1.29 is 4.57 Å². The van der Waals surface area contributed by atoms with E-state index in [9.17, 15) is 4.57 Å². The zero-order chi connectivity index (χ0) is 12.6. The summed E-state index contributed by atoms with van der Waals surface area (Å²) >= 11 is 0. The summed E-state index contributed by atoms with van der Waals surface area (Å²) in [6.45, 7) is 8.71. The van der Waals surface area contributed by atoms with Gasteiger partial charge in [0.05, 0.1) is 0 Å². The fraction of sp³-hybridized carbons (Fsp3) is 0.857. The molecule has 0 spiro atoms. The second kappa shape index (κ2) is 4.90. The number of fused-ring (bicyclic) bond motifs is 1. The Morgan fingerprint density at radius 1 is 1.18 bits per heavy atom. The molecule has 1 fully saturated rings. The second-order valence-corrected chi connectivity index (χ2v) is 9.09. The first-order valence-electron chi connectivity index (χ1n) is 6.97. The quantitative estimate of drug-likeness (QED) is 0.561. The molecule has 0 aromatic rings. The van der Waals surface area contributed by atoms with E-state index in [1.807, 2.05) is 0 Å². The van der Waals surface area contributed by atoms with E-state index < -0.39 is 7.29 Å². The van der Waals surface area contributed by atoms with Crippen molar-refractivity contribution in [1.29, 1.82) is 0 Å². The maximum absolute atomic E-state index is 13.3. The third-order valence-electron chi connectivity index (χ3n) is 4.19. The van der Waals surface area contributed by atoms with Gasteiger partial charge in [0, 0.05) is 24.4 Å². The summed E-state index contributed by atoms with van der Waals surface area (Å²) in [5, 5.41) is 0. The van der Waals surface area contributed by atoms with Crippen LogP contribution in [0.1, 0.15) is 40.5 Å². The van der Waals surface area contributed by atoms with Gasteiger partial charge >= 0.3 is 0 Å². The number of hydrogen-bond acceptors (Lipinski definition) is 1. The second-order valence-electron chi connectivity index (χ2n) is 6.21. The summed E-state index contributed by atoms with van der Waals surface area (Å²) in [4.78, 5) is 0. The van der Waals surface area contributed by atoms with Crippen molar-refractivity contribution in [1.82, 2.24) is 4.67 Å². The first kappa shape index (κ1) is 13.4. The van der Waals surface area contributed by atoms with Crippen LogP contribution < -0.4 is 0 Å². The first-order valence-corrected chi connectivity index (χ1v) is 9.00. The van der Waals surface area contributed by atoms with Gasteiger partial charge < -0.3 is 4.57 Å². The first-order chi connectivity index (χ1) is 7.94. The van der Waals surface area contributed by atoms with Crippen molar-refractivity contribution in [2.75, 3.05) is 12.3 Å². The molecule has 0 N–H and O–H groups in total. The smallest absolute Gasteiger partial charge is 0.151 e. The van der Waals surface area contributed by atoms with Crippen molar-refractivity contribution in [2.45, 2.75) is 52.6 Å². The summed E-state index contributed by atoms with van der Waals surface area (Å²) in [7, 11) is -2.12. The highest BCUT2D eigenvalue weighted by atomic mass is 31.2. The normalized spacial score (nSPS) is 37.1. The summed E-state index contributed by atoms with van der Waals surface area (Å²) in [5.74, 6) is 1.28. The van der Waals surface area contributed by atoms with Crippen molar-refractivity contribution in [3.05, 3.63) is 12.2 Å². The topological polar surface area (TPSA) is 20.3 Å². The van der Waals surface area contributed by atoms with Gasteiger partial charge in [-0.15, -0.1) is 0 Å². The third-order valence-corrected chi connectivity index (χ3v) is 7.99. The van der Waals surface area contributed by atoms with E-state index in [2.05, 4.69) is 44.5 Å². The molecule has 0 aromatic heterocycles. The summed E-state index contributed by atoms with van der Waals surface area (Å²) in [5.41, 5.74) is 0. The minimum atomic E-state index is -2.12. The molecule has 3 heteroatoms. The molecule has 0 bridgehead atoms. The Kier molecular flexibility index (Phi) is 3.85. The standard InChI is InChI=1S/C14H26NOP/c1-11(2)15(12(3)4)17(16)9-13-7-5-6-8-14(13)10-17/h5,7,11-14H,6,8-10H2,1-4H3/t13-,14+,17-/m1/s1. The van der Waals surface area contributed by atoms with Gasteiger partial charge in [0.25, 0.3) is 0 Å². The van der Waals surface area contributed by atoms with Crippen LogP contribution in [0.5, 0.6) is 0 Å². The van der Waals surface area contributed by atoms with Gasteiger partial charge in [-0.1, -0.05) is 12.2 Å². The fourth-order valence-electron chi connectivity index (χ4n) is 3.79. The highest BCUT2D eigenvalue weighted by molar-refractivity contribution is 7.61. The van der Waals surface area contributed by atoms with E-state index in [4.69, 9.17) is 0 Å². The highest BCUT2D eigenvalue weighted by Gasteiger charge is 2.46. The Hall–Kier alpha value is -0.0700. The van der Waals surface area contributed by atoms with Crippen LogP contribution in [-0.2, 0) is 4.57 Å². The minimum absolute atomic E-state index is 0.393. The largest absolute Gasteiger partial charge is 0.306 e. The van der Waals surface area contributed by atoms with Gasteiger partial charge in [0.15, 0.2) is 7.29 Å². The molecule has 1 aliphatic heterocycles. The Bertz CT molecular complexity index is 340. The predicted molar refractivity (Wildman–Crippen MR) is 74.8 cm³/mol. The molecule has 2 nitrogen and oxygen atoms in total. The van der Waals surface area contributed by atoms with E-state index in [0.717, 1.165) is 12.3 Å². The molecule has 2 aliphatic rings. The number of hydrogen-bond donors (Lipinski definition) is 0. The summed E-state index contributed by atoms with van der Waals surface area (Å²) in [6.07, 6.45) is 8.92. The number of allylic oxidation sites excluding steroid dienone is 2. The molecular formula is C14H26NOP. The minimum Gasteiger partial charge on any atom is -0.306 e. The van der Waals surface area contributed by atoms with Crippen LogP contribution in [-0.4, -0.2) is 29.1 Å². The molecule has 1 aliphatic carbocycles. The average molecular weight is 255 g/mol. The van der Waals surface area contributed by atoms with Crippen LogP contribution in [0.15, 0.2) is 12.2 Å². The zero-order valence-corrected chi connectivity index (χ0v) is 12.5. The van der Waals surface area contributed by atoms with Crippen molar-refractivity contribution in [2.24, 2.45) is 11.8 Å². The van der Waals surface area contributed by atoms with Gasteiger partial charge in [-0.05, 0) is 52.4 Å². The van der Waals surface area contributed by atoms with Gasteiger partial charge in [-0.25, -0.2) is 4.67 Å². The van der Waals surface area contributed by atoms with Crippen LogP contribution in [0.2, 0.25) is 0 Å². The highest BCUT2D eigenvalue weighted by Crippen LogP contribution is 2.62. The van der Waals surface area contributed by atoms with E-state index >= 15 is 0 Å². The molecule has 3 atom stereocenters. The van der Waals surface area contributed by atoms with Crippen LogP contribution >= 0.6 is 7.29 Å². The maximum atomic E-state index is 13.3. The SMILES string of the molecule is CC(C)N(C(C)C)[P@]1(=O)C[C@@H]2CCC=C[C@@H]2C1. The zero-order valence-electron chi connectivity index (χ0n) is 11.6. The molecule has 0 unspecified atom stereocenters. The molecule has 0 radical (unpaired) electrons. The Morgan fingerprint density at radius 3 is 2.35 bits per heavy atom.